The summed E-state index contributed by atoms with van der Waals surface area (Å²) in [5.41, 5.74) is 5.60. The third kappa shape index (κ3) is 1.33. The second-order valence-electron chi connectivity index (χ2n) is 3.55. The SMILES string of the molecule is Cc1[nH]c(C2(N)CC2)nc1C(F)F. The molecule has 0 saturated heterocycles. The van der Waals surface area contributed by atoms with Gasteiger partial charge in [-0.1, -0.05) is 0 Å². The van der Waals surface area contributed by atoms with Gasteiger partial charge in [0, 0.05) is 5.69 Å². The van der Waals surface area contributed by atoms with Crippen LogP contribution in [0.2, 0.25) is 0 Å². The average molecular weight is 187 g/mol. The van der Waals surface area contributed by atoms with Gasteiger partial charge in [-0.2, -0.15) is 0 Å². The Bertz CT molecular complexity index is 328. The lowest BCUT2D eigenvalue weighted by Crippen LogP contribution is -2.20. The summed E-state index contributed by atoms with van der Waals surface area (Å²) >= 11 is 0. The molecule has 72 valence electrons. The molecule has 0 radical (unpaired) electrons. The van der Waals surface area contributed by atoms with Gasteiger partial charge in [-0.25, -0.2) is 13.8 Å². The Kier molecular flexibility index (Phi) is 1.66. The van der Waals surface area contributed by atoms with Crippen LogP contribution in [0.25, 0.3) is 0 Å². The van der Waals surface area contributed by atoms with Crippen LogP contribution in [0.1, 0.15) is 36.5 Å². The van der Waals surface area contributed by atoms with Crippen molar-refractivity contribution in [3.63, 3.8) is 0 Å². The molecule has 1 saturated carbocycles. The van der Waals surface area contributed by atoms with Crippen molar-refractivity contribution in [2.45, 2.75) is 31.7 Å². The minimum atomic E-state index is -2.52. The standard InChI is InChI=1S/C8H11F2N3/c1-4-5(6(9)10)13-7(12-4)8(11)2-3-8/h6H,2-3,11H2,1H3,(H,12,13). The number of aryl methyl sites for hydroxylation is 1. The number of hydrogen-bond donors (Lipinski definition) is 2. The van der Waals surface area contributed by atoms with Gasteiger partial charge in [-0.3, -0.25) is 0 Å². The molecule has 0 unspecified atom stereocenters. The lowest BCUT2D eigenvalue weighted by molar-refractivity contribution is 0.145. The van der Waals surface area contributed by atoms with Crippen molar-refractivity contribution in [2.24, 2.45) is 5.73 Å². The molecule has 13 heavy (non-hydrogen) atoms. The Morgan fingerprint density at radius 3 is 2.54 bits per heavy atom. The summed E-state index contributed by atoms with van der Waals surface area (Å²) in [7, 11) is 0. The first-order valence-corrected chi connectivity index (χ1v) is 4.17. The van der Waals surface area contributed by atoms with Crippen LogP contribution in [0.15, 0.2) is 0 Å². The summed E-state index contributed by atoms with van der Waals surface area (Å²) in [6.45, 7) is 1.59. The first-order valence-electron chi connectivity index (χ1n) is 4.17. The average Bonchev–Trinajstić information content (AvgIpc) is 2.63. The molecule has 0 aromatic carbocycles. The van der Waals surface area contributed by atoms with Crippen molar-refractivity contribution in [1.29, 1.82) is 0 Å². The van der Waals surface area contributed by atoms with Gasteiger partial charge in [0.2, 0.25) is 0 Å². The zero-order valence-corrected chi connectivity index (χ0v) is 7.27. The van der Waals surface area contributed by atoms with Crippen LogP contribution in [0.3, 0.4) is 0 Å². The molecule has 3 N–H and O–H groups in total. The Morgan fingerprint density at radius 2 is 2.15 bits per heavy atom. The van der Waals surface area contributed by atoms with E-state index in [1.165, 1.54) is 0 Å². The highest BCUT2D eigenvalue weighted by atomic mass is 19.3. The van der Waals surface area contributed by atoms with Gasteiger partial charge in [-0.05, 0) is 19.8 Å². The molecule has 1 aromatic rings. The van der Waals surface area contributed by atoms with Crippen LogP contribution >= 0.6 is 0 Å². The zero-order valence-electron chi connectivity index (χ0n) is 7.27. The van der Waals surface area contributed by atoms with Crippen LogP contribution in [0.5, 0.6) is 0 Å². The van der Waals surface area contributed by atoms with Gasteiger partial charge in [0.15, 0.2) is 0 Å². The molecule has 0 spiro atoms. The summed E-state index contributed by atoms with van der Waals surface area (Å²) in [4.78, 5) is 6.62. The maximum atomic E-state index is 12.3. The zero-order chi connectivity index (χ0) is 9.64. The van der Waals surface area contributed by atoms with Gasteiger partial charge in [0.1, 0.15) is 11.5 Å². The van der Waals surface area contributed by atoms with E-state index in [1.54, 1.807) is 6.92 Å². The predicted molar refractivity (Wildman–Crippen MR) is 43.4 cm³/mol. The number of aromatic nitrogens is 2. The minimum absolute atomic E-state index is 0.174. The molecule has 1 aliphatic rings. The fraction of sp³-hybridized carbons (Fsp3) is 0.625. The first kappa shape index (κ1) is 8.62. The van der Waals surface area contributed by atoms with E-state index in [0.717, 1.165) is 12.8 Å². The molecule has 0 aliphatic heterocycles. The molecule has 0 bridgehead atoms. The molecule has 0 amide bonds. The smallest absolute Gasteiger partial charge is 0.282 e. The second kappa shape index (κ2) is 2.51. The summed E-state index contributed by atoms with van der Waals surface area (Å²) in [6.07, 6.45) is -0.877. The van der Waals surface area contributed by atoms with Gasteiger partial charge in [-0.15, -0.1) is 0 Å². The van der Waals surface area contributed by atoms with Gasteiger partial charge in [0.05, 0.1) is 5.54 Å². The van der Waals surface area contributed by atoms with Crippen molar-refractivity contribution in [2.75, 3.05) is 0 Å². The molecule has 1 fully saturated rings. The van der Waals surface area contributed by atoms with E-state index in [-0.39, 0.29) is 5.69 Å². The number of halogens is 2. The monoisotopic (exact) mass is 187 g/mol. The predicted octanol–water partition coefficient (Wildman–Crippen LogP) is 1.60. The third-order valence-corrected chi connectivity index (χ3v) is 2.39. The molecule has 3 nitrogen and oxygen atoms in total. The first-order chi connectivity index (χ1) is 6.03. The number of imidazole rings is 1. The maximum Gasteiger partial charge on any atom is 0.282 e. The lowest BCUT2D eigenvalue weighted by Gasteiger charge is -2.01. The number of nitrogens with two attached hydrogens (primary N) is 1. The summed E-state index contributed by atoms with van der Waals surface area (Å²) in [6, 6.07) is 0. The van der Waals surface area contributed by atoms with Crippen LogP contribution in [0, 0.1) is 6.92 Å². The van der Waals surface area contributed by atoms with Crippen LogP contribution in [-0.2, 0) is 5.54 Å². The number of hydrogen-bond acceptors (Lipinski definition) is 2. The van der Waals surface area contributed by atoms with Crippen molar-refractivity contribution >= 4 is 0 Å². The lowest BCUT2D eigenvalue weighted by atomic mass is 10.3. The topological polar surface area (TPSA) is 54.7 Å². The Labute approximate surface area is 74.4 Å². The molecule has 2 rings (SSSR count). The van der Waals surface area contributed by atoms with E-state index in [9.17, 15) is 8.78 Å². The molecular formula is C8H11F2N3. The molecular weight excluding hydrogens is 176 g/mol. The number of alkyl halides is 2. The fourth-order valence-corrected chi connectivity index (χ4v) is 1.29. The molecule has 0 atom stereocenters. The maximum absolute atomic E-state index is 12.3. The summed E-state index contributed by atoms with van der Waals surface area (Å²) < 4.78 is 24.7. The van der Waals surface area contributed by atoms with Crippen LogP contribution < -0.4 is 5.73 Å². The summed E-state index contributed by atoms with van der Waals surface area (Å²) in [5.74, 6) is 0.500. The molecule has 1 heterocycles. The summed E-state index contributed by atoms with van der Waals surface area (Å²) in [5, 5.41) is 0. The molecule has 1 aliphatic carbocycles. The highest BCUT2D eigenvalue weighted by Gasteiger charge is 2.43. The van der Waals surface area contributed by atoms with Gasteiger partial charge < -0.3 is 10.7 Å². The van der Waals surface area contributed by atoms with Crippen LogP contribution in [-0.4, -0.2) is 9.97 Å². The van der Waals surface area contributed by atoms with E-state index in [4.69, 9.17) is 5.73 Å². The minimum Gasteiger partial charge on any atom is -0.344 e. The van der Waals surface area contributed by atoms with E-state index in [0.29, 0.717) is 11.5 Å². The Hall–Kier alpha value is -0.970. The van der Waals surface area contributed by atoms with Gasteiger partial charge in [0.25, 0.3) is 6.43 Å². The Balaban J connectivity index is 2.35. The third-order valence-electron chi connectivity index (χ3n) is 2.39. The number of aromatic amines is 1. The second-order valence-corrected chi connectivity index (χ2v) is 3.55. The highest BCUT2D eigenvalue weighted by Crippen LogP contribution is 2.41. The number of H-pyrrole nitrogens is 1. The van der Waals surface area contributed by atoms with Crippen molar-refractivity contribution in [3.8, 4) is 0 Å². The van der Waals surface area contributed by atoms with E-state index in [1.807, 2.05) is 0 Å². The molecule has 5 heteroatoms. The Morgan fingerprint density at radius 1 is 1.54 bits per heavy atom. The normalized spacial score (nSPS) is 19.5. The number of rotatable bonds is 2. The van der Waals surface area contributed by atoms with Crippen molar-refractivity contribution in [3.05, 3.63) is 17.2 Å². The van der Waals surface area contributed by atoms with E-state index < -0.39 is 12.0 Å². The fourth-order valence-electron chi connectivity index (χ4n) is 1.29. The number of nitrogens with zero attached hydrogens (tertiary/aromatic N) is 1. The molecule has 1 aromatic heterocycles. The van der Waals surface area contributed by atoms with Crippen LogP contribution in [0.4, 0.5) is 8.78 Å². The quantitative estimate of drug-likeness (QED) is 0.738. The van der Waals surface area contributed by atoms with E-state index >= 15 is 0 Å². The largest absolute Gasteiger partial charge is 0.344 e. The van der Waals surface area contributed by atoms with Crippen molar-refractivity contribution < 1.29 is 8.78 Å². The van der Waals surface area contributed by atoms with E-state index in [2.05, 4.69) is 9.97 Å². The highest BCUT2D eigenvalue weighted by molar-refractivity contribution is 5.22. The van der Waals surface area contributed by atoms with Crippen molar-refractivity contribution in [1.82, 2.24) is 9.97 Å². The van der Waals surface area contributed by atoms with Gasteiger partial charge >= 0.3 is 0 Å². The number of nitrogens with one attached hydrogen (secondary N) is 1.